The van der Waals surface area contributed by atoms with Gasteiger partial charge >= 0.3 is 6.09 Å². The smallest absolute Gasteiger partial charge is 0.410 e. The van der Waals surface area contributed by atoms with E-state index in [1.807, 2.05) is 56.0 Å². The first-order valence-corrected chi connectivity index (χ1v) is 11.4. The lowest BCUT2D eigenvalue weighted by atomic mass is 9.69. The molecule has 1 amide bonds. The first kappa shape index (κ1) is 21.6. The molecule has 1 aliphatic heterocycles. The summed E-state index contributed by atoms with van der Waals surface area (Å²) < 4.78 is 7.38. The normalized spacial score (nSPS) is 20.7. The van der Waals surface area contributed by atoms with Crippen LogP contribution in [-0.2, 0) is 11.3 Å². The van der Waals surface area contributed by atoms with Crippen molar-refractivity contribution in [3.8, 4) is 11.3 Å². The predicted molar refractivity (Wildman–Crippen MR) is 121 cm³/mol. The van der Waals surface area contributed by atoms with Crippen LogP contribution in [0.4, 0.5) is 4.79 Å². The van der Waals surface area contributed by atoms with E-state index >= 15 is 0 Å². The van der Waals surface area contributed by atoms with Crippen molar-refractivity contribution in [2.45, 2.75) is 65.0 Å². The maximum absolute atomic E-state index is 12.9. The minimum Gasteiger partial charge on any atom is -0.444 e. The molecule has 6 heteroatoms. The number of likely N-dealkylation sites (tertiary alicyclic amines) is 1. The lowest BCUT2D eigenvalue weighted by molar-refractivity contribution is -0.0156. The number of aromatic nitrogens is 2. The molecule has 1 atom stereocenters. The molecule has 2 aromatic rings. The number of benzene rings is 1. The van der Waals surface area contributed by atoms with Gasteiger partial charge in [0.15, 0.2) is 0 Å². The zero-order valence-electron chi connectivity index (χ0n) is 18.8. The van der Waals surface area contributed by atoms with Crippen molar-refractivity contribution in [2.75, 3.05) is 13.1 Å². The molecule has 4 rings (SSSR count). The van der Waals surface area contributed by atoms with Gasteiger partial charge in [-0.2, -0.15) is 0 Å². The monoisotopic (exact) mass is 423 g/mol. The van der Waals surface area contributed by atoms with Crippen molar-refractivity contribution in [2.24, 2.45) is 11.3 Å². The molecule has 166 valence electrons. The predicted octanol–water partition coefficient (Wildman–Crippen LogP) is 4.73. The van der Waals surface area contributed by atoms with Crippen LogP contribution >= 0.6 is 0 Å². The van der Waals surface area contributed by atoms with Crippen LogP contribution in [0.3, 0.4) is 0 Å². The Bertz CT molecular complexity index is 971. The molecule has 2 aliphatic rings. The average Bonchev–Trinajstić information content (AvgIpc) is 3.19. The summed E-state index contributed by atoms with van der Waals surface area (Å²) in [6.45, 7) is 7.76. The molecule has 1 aromatic carbocycles. The summed E-state index contributed by atoms with van der Waals surface area (Å²) in [4.78, 5) is 32.0. The van der Waals surface area contributed by atoms with Gasteiger partial charge in [-0.25, -0.2) is 9.78 Å². The number of hydrogen-bond donors (Lipinski definition) is 0. The third kappa shape index (κ3) is 4.83. The summed E-state index contributed by atoms with van der Waals surface area (Å²) in [7, 11) is 0. The summed E-state index contributed by atoms with van der Waals surface area (Å²) in [5.41, 5.74) is 1.21. The number of rotatable bonds is 3. The second-order valence-corrected chi connectivity index (χ2v) is 10.1. The van der Waals surface area contributed by atoms with E-state index in [9.17, 15) is 9.59 Å². The molecule has 0 N–H and O–H groups in total. The molecule has 0 radical (unpaired) electrons. The van der Waals surface area contributed by atoms with Crippen LogP contribution in [0.5, 0.6) is 0 Å². The molecule has 2 fully saturated rings. The molecule has 6 nitrogen and oxygen atoms in total. The highest BCUT2D eigenvalue weighted by atomic mass is 16.6. The van der Waals surface area contributed by atoms with Gasteiger partial charge in [0.2, 0.25) is 0 Å². The van der Waals surface area contributed by atoms with Gasteiger partial charge < -0.3 is 9.64 Å². The standard InChI is InChI=1S/C25H33N3O3/c1-24(2,3)31-23(30)27-14-11-20(25(17-27)12-7-8-13-25)16-28-18-26-21(15-22(28)29)19-9-5-4-6-10-19/h4-6,9-10,15,18,20H,7-8,11-14,16-17H2,1-3H3/t20-/m0/s1. The van der Waals surface area contributed by atoms with Crippen LogP contribution in [0.25, 0.3) is 11.3 Å². The average molecular weight is 424 g/mol. The van der Waals surface area contributed by atoms with Gasteiger partial charge in [-0.15, -0.1) is 0 Å². The van der Waals surface area contributed by atoms with Crippen molar-refractivity contribution in [3.05, 3.63) is 53.1 Å². The van der Waals surface area contributed by atoms with Gasteiger partial charge in [-0.3, -0.25) is 9.36 Å². The maximum atomic E-state index is 12.9. The lowest BCUT2D eigenvalue weighted by Gasteiger charge is -2.46. The Morgan fingerprint density at radius 1 is 1.19 bits per heavy atom. The number of hydrogen-bond acceptors (Lipinski definition) is 4. The summed E-state index contributed by atoms with van der Waals surface area (Å²) in [5, 5.41) is 0. The van der Waals surface area contributed by atoms with E-state index in [-0.39, 0.29) is 17.1 Å². The molecular formula is C25H33N3O3. The first-order chi connectivity index (χ1) is 14.8. The van der Waals surface area contributed by atoms with E-state index in [4.69, 9.17) is 4.74 Å². The van der Waals surface area contributed by atoms with E-state index in [0.29, 0.717) is 24.7 Å². The Kier molecular flexibility index (Phi) is 5.91. The molecule has 1 aliphatic carbocycles. The van der Waals surface area contributed by atoms with E-state index < -0.39 is 5.60 Å². The maximum Gasteiger partial charge on any atom is 0.410 e. The van der Waals surface area contributed by atoms with Crippen molar-refractivity contribution in [1.29, 1.82) is 0 Å². The minimum absolute atomic E-state index is 0.0171. The number of nitrogens with zero attached hydrogens (tertiary/aromatic N) is 3. The lowest BCUT2D eigenvalue weighted by Crippen LogP contribution is -2.52. The van der Waals surface area contributed by atoms with E-state index in [1.54, 1.807) is 17.0 Å². The van der Waals surface area contributed by atoms with Crippen LogP contribution < -0.4 is 5.56 Å². The Morgan fingerprint density at radius 3 is 2.55 bits per heavy atom. The Balaban J connectivity index is 1.51. The number of carbonyl (C=O) groups excluding carboxylic acids is 1. The molecule has 2 heterocycles. The Labute approximate surface area is 184 Å². The fraction of sp³-hybridized carbons (Fsp3) is 0.560. The van der Waals surface area contributed by atoms with Gasteiger partial charge in [0.1, 0.15) is 5.60 Å². The number of piperidine rings is 1. The zero-order chi connectivity index (χ0) is 22.1. The highest BCUT2D eigenvalue weighted by Gasteiger charge is 2.46. The first-order valence-electron chi connectivity index (χ1n) is 11.4. The number of amides is 1. The van der Waals surface area contributed by atoms with Crippen molar-refractivity contribution < 1.29 is 9.53 Å². The molecule has 1 aromatic heterocycles. The molecule has 0 bridgehead atoms. The summed E-state index contributed by atoms with van der Waals surface area (Å²) in [6, 6.07) is 11.4. The van der Waals surface area contributed by atoms with Crippen molar-refractivity contribution in [1.82, 2.24) is 14.5 Å². The molecule has 0 unspecified atom stereocenters. The molecule has 1 saturated heterocycles. The van der Waals surface area contributed by atoms with Crippen molar-refractivity contribution in [3.63, 3.8) is 0 Å². The van der Waals surface area contributed by atoms with E-state index in [2.05, 4.69) is 4.98 Å². The topological polar surface area (TPSA) is 64.4 Å². The SMILES string of the molecule is CC(C)(C)OC(=O)N1CC[C@@H](Cn2cnc(-c3ccccc3)cc2=O)C2(CCCC2)C1. The van der Waals surface area contributed by atoms with Gasteiger partial charge in [0.05, 0.1) is 12.0 Å². The molecular weight excluding hydrogens is 390 g/mol. The van der Waals surface area contributed by atoms with Gasteiger partial charge in [0, 0.05) is 31.3 Å². The van der Waals surface area contributed by atoms with E-state index in [0.717, 1.165) is 31.4 Å². The second-order valence-electron chi connectivity index (χ2n) is 10.1. The minimum atomic E-state index is -0.490. The fourth-order valence-corrected chi connectivity index (χ4v) is 5.19. The molecule has 1 saturated carbocycles. The molecule has 31 heavy (non-hydrogen) atoms. The summed E-state index contributed by atoms with van der Waals surface area (Å²) in [5.74, 6) is 0.357. The highest BCUT2D eigenvalue weighted by molar-refractivity contribution is 5.68. The quantitative estimate of drug-likeness (QED) is 0.716. The van der Waals surface area contributed by atoms with Crippen LogP contribution in [0.1, 0.15) is 52.9 Å². The van der Waals surface area contributed by atoms with E-state index in [1.165, 1.54) is 12.8 Å². The Morgan fingerprint density at radius 2 is 1.90 bits per heavy atom. The number of ether oxygens (including phenoxy) is 1. The third-order valence-electron chi connectivity index (χ3n) is 6.74. The molecule has 1 spiro atoms. The van der Waals surface area contributed by atoms with Crippen LogP contribution in [0.15, 0.2) is 47.5 Å². The summed E-state index contributed by atoms with van der Waals surface area (Å²) in [6.07, 6.45) is 6.91. The largest absolute Gasteiger partial charge is 0.444 e. The van der Waals surface area contributed by atoms with Gasteiger partial charge in [-0.1, -0.05) is 43.2 Å². The van der Waals surface area contributed by atoms with Crippen LogP contribution in [0, 0.1) is 11.3 Å². The van der Waals surface area contributed by atoms with Gasteiger partial charge in [0.25, 0.3) is 5.56 Å². The number of carbonyl (C=O) groups is 1. The highest BCUT2D eigenvalue weighted by Crippen LogP contribution is 2.49. The second kappa shape index (κ2) is 8.48. The van der Waals surface area contributed by atoms with Crippen LogP contribution in [0.2, 0.25) is 0 Å². The Hall–Kier alpha value is -2.63. The third-order valence-corrected chi connectivity index (χ3v) is 6.74. The van der Waals surface area contributed by atoms with Gasteiger partial charge in [-0.05, 0) is 51.4 Å². The van der Waals surface area contributed by atoms with Crippen LogP contribution in [-0.4, -0.2) is 39.2 Å². The summed E-state index contributed by atoms with van der Waals surface area (Å²) >= 11 is 0. The fourth-order valence-electron chi connectivity index (χ4n) is 5.19. The van der Waals surface area contributed by atoms with Crippen molar-refractivity contribution >= 4 is 6.09 Å². The zero-order valence-corrected chi connectivity index (χ0v) is 18.8.